The Morgan fingerprint density at radius 3 is 2.07 bits per heavy atom. The lowest BCUT2D eigenvalue weighted by Gasteiger charge is -2.30. The molecule has 1 aliphatic heterocycles. The van der Waals surface area contributed by atoms with Gasteiger partial charge in [0.1, 0.15) is 11.3 Å². The maximum absolute atomic E-state index is 14.4. The van der Waals surface area contributed by atoms with Gasteiger partial charge in [0.2, 0.25) is 44.9 Å². The number of ether oxygens (including phenoxy) is 1. The van der Waals surface area contributed by atoms with Crippen LogP contribution in [0.25, 0.3) is 11.3 Å². The van der Waals surface area contributed by atoms with Crippen molar-refractivity contribution < 1.29 is 49.3 Å². The van der Waals surface area contributed by atoms with Crippen LogP contribution in [-0.2, 0) is 10.0 Å². The SMILES string of the molecule is O=C(Oc1c(F)c(F)c(F)c(F)c1F)c1c(-c2c(Cl)cc(Cl)cc2Cl)noc1C1CCN(S(=O)(=O)c2ccccc2[N+](=O)[O-])CC1. The molecule has 1 aromatic heterocycles. The minimum atomic E-state index is -4.36. The molecule has 19 heteroatoms. The predicted molar refractivity (Wildman–Crippen MR) is 152 cm³/mol. The van der Waals surface area contributed by atoms with Crippen molar-refractivity contribution in [2.45, 2.75) is 23.7 Å². The van der Waals surface area contributed by atoms with E-state index in [-0.39, 0.29) is 52.3 Å². The maximum Gasteiger partial charge on any atom is 0.349 e. The number of halogens is 8. The lowest BCUT2D eigenvalue weighted by Crippen LogP contribution is -2.38. The number of para-hydroxylation sites is 1. The third-order valence-electron chi connectivity index (χ3n) is 7.04. The van der Waals surface area contributed by atoms with Crippen LogP contribution in [0.4, 0.5) is 27.6 Å². The molecule has 10 nitrogen and oxygen atoms in total. The Kier molecular flexibility index (Phi) is 9.30. The van der Waals surface area contributed by atoms with Gasteiger partial charge in [-0.2, -0.15) is 13.1 Å². The number of nitro groups is 1. The highest BCUT2D eigenvalue weighted by Crippen LogP contribution is 2.43. The van der Waals surface area contributed by atoms with Crippen molar-refractivity contribution in [1.82, 2.24) is 9.46 Å². The van der Waals surface area contributed by atoms with Crippen LogP contribution in [0.5, 0.6) is 5.75 Å². The second kappa shape index (κ2) is 12.8. The minimum Gasteiger partial charge on any atom is -0.416 e. The smallest absolute Gasteiger partial charge is 0.349 e. The number of hydrogen-bond acceptors (Lipinski definition) is 8. The van der Waals surface area contributed by atoms with Crippen molar-refractivity contribution in [2.24, 2.45) is 0 Å². The molecule has 4 aromatic rings. The number of esters is 1. The van der Waals surface area contributed by atoms with E-state index in [2.05, 4.69) is 9.89 Å². The summed E-state index contributed by atoms with van der Waals surface area (Å²) in [6, 6.07) is 7.16. The van der Waals surface area contributed by atoms with Crippen molar-refractivity contribution in [3.05, 3.63) is 102 Å². The van der Waals surface area contributed by atoms with E-state index in [1.165, 1.54) is 24.3 Å². The Morgan fingerprint density at radius 2 is 1.50 bits per heavy atom. The van der Waals surface area contributed by atoms with E-state index >= 15 is 0 Å². The summed E-state index contributed by atoms with van der Waals surface area (Å²) in [5.41, 5.74) is -1.90. The van der Waals surface area contributed by atoms with Crippen molar-refractivity contribution in [3.8, 4) is 17.0 Å². The van der Waals surface area contributed by atoms with E-state index < -0.39 is 83.5 Å². The monoisotopic (exact) mass is 725 g/mol. The number of carbonyl (C=O) groups excluding carboxylic acids is 1. The number of carbonyl (C=O) groups is 1. The maximum atomic E-state index is 14.4. The topological polar surface area (TPSA) is 133 Å². The van der Waals surface area contributed by atoms with Gasteiger partial charge in [-0.15, -0.1) is 0 Å². The molecule has 0 aliphatic carbocycles. The first-order chi connectivity index (χ1) is 21.6. The van der Waals surface area contributed by atoms with Crippen molar-refractivity contribution in [1.29, 1.82) is 0 Å². The number of nitrogens with zero attached hydrogens (tertiary/aromatic N) is 3. The van der Waals surface area contributed by atoms with Gasteiger partial charge in [-0.1, -0.05) is 52.1 Å². The molecule has 2 heterocycles. The molecule has 0 saturated carbocycles. The Balaban J connectivity index is 1.54. The number of nitro benzene ring substituents is 1. The predicted octanol–water partition coefficient (Wildman–Crippen LogP) is 7.69. The lowest BCUT2D eigenvalue weighted by molar-refractivity contribution is -0.387. The van der Waals surface area contributed by atoms with Crippen molar-refractivity contribution in [2.75, 3.05) is 13.1 Å². The van der Waals surface area contributed by atoms with Crippen LogP contribution in [0.15, 0.2) is 45.8 Å². The second-order valence-corrected chi connectivity index (χ2v) is 12.9. The van der Waals surface area contributed by atoms with E-state index in [1.807, 2.05) is 0 Å². The fraction of sp³-hybridized carbons (Fsp3) is 0.185. The molecular formula is C27H15Cl3F5N3O7S. The summed E-state index contributed by atoms with van der Waals surface area (Å²) >= 11 is 18.5. The van der Waals surface area contributed by atoms with Gasteiger partial charge in [0.15, 0.2) is 10.7 Å². The highest BCUT2D eigenvalue weighted by atomic mass is 35.5. The van der Waals surface area contributed by atoms with E-state index in [4.69, 9.17) is 39.3 Å². The van der Waals surface area contributed by atoms with Crippen molar-refractivity contribution >= 4 is 56.5 Å². The number of piperidine rings is 1. The third kappa shape index (κ3) is 5.90. The summed E-state index contributed by atoms with van der Waals surface area (Å²) in [4.78, 5) is 23.5. The number of sulfonamides is 1. The molecule has 0 unspecified atom stereocenters. The summed E-state index contributed by atoms with van der Waals surface area (Å²) < 4.78 is 108. The summed E-state index contributed by atoms with van der Waals surface area (Å²) in [6.07, 6.45) is -0.168. The molecule has 0 spiro atoms. The van der Waals surface area contributed by atoms with Crippen LogP contribution in [0.1, 0.15) is 34.9 Å². The van der Waals surface area contributed by atoms with Gasteiger partial charge in [0, 0.05) is 35.7 Å². The number of hydrogen-bond donors (Lipinski definition) is 0. The number of rotatable bonds is 7. The molecule has 5 rings (SSSR count). The van der Waals surface area contributed by atoms with Crippen LogP contribution in [0.3, 0.4) is 0 Å². The van der Waals surface area contributed by atoms with Crippen LogP contribution in [0, 0.1) is 39.2 Å². The van der Waals surface area contributed by atoms with Gasteiger partial charge in [-0.05, 0) is 31.0 Å². The van der Waals surface area contributed by atoms with Gasteiger partial charge < -0.3 is 9.26 Å². The first-order valence-electron chi connectivity index (χ1n) is 12.8. The first kappa shape index (κ1) is 33.5. The van der Waals surface area contributed by atoms with Gasteiger partial charge in [0.25, 0.3) is 5.69 Å². The third-order valence-corrected chi connectivity index (χ3v) is 9.80. The fourth-order valence-electron chi connectivity index (χ4n) is 4.86. The zero-order valence-electron chi connectivity index (χ0n) is 22.5. The van der Waals surface area contributed by atoms with E-state index in [9.17, 15) is 45.3 Å². The standard InChI is InChI=1S/C27H15Cl3F5N3O7S/c28-12-9-13(29)17(14(30)10-12)24-18(27(39)44-26-22(34)20(32)19(31)21(33)23(26)35)25(45-36-24)11-5-7-37(8-6-11)46(42,43)16-4-2-1-3-15(16)38(40)41/h1-4,9-11H,5-8H2. The molecule has 0 bridgehead atoms. The Bertz CT molecular complexity index is 1970. The molecule has 1 saturated heterocycles. The molecule has 0 radical (unpaired) electrons. The Labute approximate surface area is 270 Å². The fourth-order valence-corrected chi connectivity index (χ4v) is 7.48. The molecule has 46 heavy (non-hydrogen) atoms. The van der Waals surface area contributed by atoms with E-state index in [1.54, 1.807) is 0 Å². The zero-order chi connectivity index (χ0) is 33.7. The molecule has 3 aromatic carbocycles. The van der Waals surface area contributed by atoms with Crippen LogP contribution < -0.4 is 4.74 Å². The lowest BCUT2D eigenvalue weighted by atomic mass is 9.91. The van der Waals surface area contributed by atoms with Crippen LogP contribution >= 0.6 is 34.8 Å². The molecule has 1 fully saturated rings. The van der Waals surface area contributed by atoms with Gasteiger partial charge >= 0.3 is 5.97 Å². The van der Waals surface area contributed by atoms with Gasteiger partial charge in [0.05, 0.1) is 15.0 Å². The highest BCUT2D eigenvalue weighted by Gasteiger charge is 2.39. The summed E-state index contributed by atoms with van der Waals surface area (Å²) in [6.45, 7) is -0.493. The minimum absolute atomic E-state index is 0.0697. The summed E-state index contributed by atoms with van der Waals surface area (Å²) in [5, 5.41) is 15.0. The molecule has 242 valence electrons. The zero-order valence-corrected chi connectivity index (χ0v) is 25.6. The molecule has 0 atom stereocenters. The Morgan fingerprint density at radius 1 is 0.957 bits per heavy atom. The normalized spacial score (nSPS) is 14.4. The second-order valence-electron chi connectivity index (χ2n) is 9.71. The molecule has 0 N–H and O–H groups in total. The van der Waals surface area contributed by atoms with Crippen molar-refractivity contribution in [3.63, 3.8) is 0 Å². The first-order valence-corrected chi connectivity index (χ1v) is 15.3. The number of benzene rings is 3. The van der Waals surface area contributed by atoms with Crippen LogP contribution in [-0.4, -0.2) is 41.9 Å². The largest absolute Gasteiger partial charge is 0.416 e. The number of aromatic nitrogens is 1. The Hall–Kier alpha value is -3.83. The highest BCUT2D eigenvalue weighted by molar-refractivity contribution is 7.89. The van der Waals surface area contributed by atoms with Crippen LogP contribution in [0.2, 0.25) is 15.1 Å². The summed E-state index contributed by atoms with van der Waals surface area (Å²) in [5.74, 6) is -16.8. The van der Waals surface area contributed by atoms with E-state index in [0.717, 1.165) is 16.4 Å². The average molecular weight is 727 g/mol. The van der Waals surface area contributed by atoms with Gasteiger partial charge in [-0.3, -0.25) is 10.1 Å². The quantitative estimate of drug-likeness (QED) is 0.0360. The molecular weight excluding hydrogens is 712 g/mol. The molecule has 1 aliphatic rings. The van der Waals surface area contributed by atoms with Gasteiger partial charge in [-0.25, -0.2) is 26.4 Å². The average Bonchev–Trinajstić information content (AvgIpc) is 3.45. The molecule has 0 amide bonds. The van der Waals surface area contributed by atoms with E-state index in [0.29, 0.717) is 0 Å². The summed E-state index contributed by atoms with van der Waals surface area (Å²) in [7, 11) is -4.36.